The Bertz CT molecular complexity index is 496. The zero-order valence-corrected chi connectivity index (χ0v) is 12.0. The van der Waals surface area contributed by atoms with Crippen LogP contribution in [0.3, 0.4) is 0 Å². The number of nitrogens with one attached hydrogen (secondary N) is 2. The van der Waals surface area contributed by atoms with Gasteiger partial charge in [0.1, 0.15) is 5.54 Å². The maximum atomic E-state index is 11.9. The molecule has 7 nitrogen and oxygen atoms in total. The molecule has 1 atom stereocenters. The number of rotatable bonds is 3. The number of hydrogen-bond acceptors (Lipinski definition) is 4. The lowest BCUT2D eigenvalue weighted by molar-refractivity contribution is -0.145. The number of carboxylic acid groups (broad SMARTS) is 1. The predicted octanol–water partition coefficient (Wildman–Crippen LogP) is 0.260. The topological polar surface area (TPSA) is 113 Å². The molecule has 8 heteroatoms. The van der Waals surface area contributed by atoms with E-state index in [1.807, 2.05) is 0 Å². The van der Waals surface area contributed by atoms with E-state index in [1.54, 1.807) is 0 Å². The van der Waals surface area contributed by atoms with Crippen molar-refractivity contribution in [1.82, 2.24) is 10.6 Å². The molecule has 2 aliphatic rings. The molecule has 1 saturated carbocycles. The van der Waals surface area contributed by atoms with E-state index in [-0.39, 0.29) is 11.5 Å². The summed E-state index contributed by atoms with van der Waals surface area (Å²) in [5.41, 5.74) is -1.21. The SMILES string of the molecule is O=C(NC1CCS(=O)(=O)C1)NC1(C(=O)O)CCCCC1. The first-order valence-electron chi connectivity index (χ1n) is 6.85. The summed E-state index contributed by atoms with van der Waals surface area (Å²) >= 11 is 0. The largest absolute Gasteiger partial charge is 0.480 e. The lowest BCUT2D eigenvalue weighted by Crippen LogP contribution is -2.59. The van der Waals surface area contributed by atoms with Crippen LogP contribution < -0.4 is 10.6 Å². The predicted molar refractivity (Wildman–Crippen MR) is 72.2 cm³/mol. The number of sulfone groups is 1. The minimum Gasteiger partial charge on any atom is -0.480 e. The number of amides is 2. The van der Waals surface area contributed by atoms with E-state index in [1.165, 1.54) is 0 Å². The van der Waals surface area contributed by atoms with Crippen molar-refractivity contribution in [1.29, 1.82) is 0 Å². The van der Waals surface area contributed by atoms with Gasteiger partial charge in [0.25, 0.3) is 0 Å². The van der Waals surface area contributed by atoms with Gasteiger partial charge in [0.15, 0.2) is 9.84 Å². The molecule has 1 aliphatic carbocycles. The first-order chi connectivity index (χ1) is 9.33. The van der Waals surface area contributed by atoms with Crippen molar-refractivity contribution >= 4 is 21.8 Å². The van der Waals surface area contributed by atoms with Crippen LogP contribution in [0, 0.1) is 0 Å². The van der Waals surface area contributed by atoms with Gasteiger partial charge in [0, 0.05) is 6.04 Å². The molecular formula is C12H20N2O5S. The van der Waals surface area contributed by atoms with Gasteiger partial charge in [-0.05, 0) is 19.3 Å². The summed E-state index contributed by atoms with van der Waals surface area (Å²) in [5, 5.41) is 14.5. The van der Waals surface area contributed by atoms with Crippen LogP contribution in [-0.4, -0.2) is 48.6 Å². The third-order valence-corrected chi connectivity index (χ3v) is 5.80. The first-order valence-corrected chi connectivity index (χ1v) is 8.68. The van der Waals surface area contributed by atoms with Crippen molar-refractivity contribution in [3.8, 4) is 0 Å². The molecule has 2 amide bonds. The fourth-order valence-corrected chi connectivity index (χ4v) is 4.57. The minimum absolute atomic E-state index is 0.0690. The van der Waals surface area contributed by atoms with Crippen molar-refractivity contribution in [2.75, 3.05) is 11.5 Å². The molecule has 0 aromatic carbocycles. The van der Waals surface area contributed by atoms with E-state index in [0.717, 1.165) is 19.3 Å². The first kappa shape index (κ1) is 15.1. The van der Waals surface area contributed by atoms with Crippen molar-refractivity contribution in [2.45, 2.75) is 50.1 Å². The van der Waals surface area contributed by atoms with Crippen LogP contribution in [0.5, 0.6) is 0 Å². The average molecular weight is 304 g/mol. The normalized spacial score (nSPS) is 27.7. The summed E-state index contributed by atoms with van der Waals surface area (Å²) in [6, 6.07) is -1.01. The summed E-state index contributed by atoms with van der Waals surface area (Å²) < 4.78 is 22.6. The maximum Gasteiger partial charge on any atom is 0.329 e. The summed E-state index contributed by atoms with van der Waals surface area (Å²) in [7, 11) is -3.06. The standard InChI is InChI=1S/C12H20N2O5S/c15-10(16)12(5-2-1-3-6-12)14-11(17)13-9-4-7-20(18,19)8-9/h9H,1-8H2,(H,15,16)(H2,13,14,17). The smallest absolute Gasteiger partial charge is 0.329 e. The number of carbonyl (C=O) groups excluding carboxylic acids is 1. The summed E-state index contributed by atoms with van der Waals surface area (Å²) in [5.74, 6) is -1.02. The third-order valence-electron chi connectivity index (χ3n) is 4.04. The molecule has 1 heterocycles. The Morgan fingerprint density at radius 3 is 2.30 bits per heavy atom. The highest BCUT2D eigenvalue weighted by atomic mass is 32.2. The highest BCUT2D eigenvalue weighted by Crippen LogP contribution is 2.28. The van der Waals surface area contributed by atoms with Gasteiger partial charge in [0.05, 0.1) is 11.5 Å². The van der Waals surface area contributed by atoms with E-state index in [4.69, 9.17) is 0 Å². The molecule has 2 rings (SSSR count). The Hall–Kier alpha value is -1.31. The fraction of sp³-hybridized carbons (Fsp3) is 0.833. The monoisotopic (exact) mass is 304 g/mol. The lowest BCUT2D eigenvalue weighted by Gasteiger charge is -2.34. The van der Waals surface area contributed by atoms with Gasteiger partial charge < -0.3 is 15.7 Å². The fourth-order valence-electron chi connectivity index (χ4n) is 2.90. The van der Waals surface area contributed by atoms with E-state index >= 15 is 0 Å². The quantitative estimate of drug-likeness (QED) is 0.692. The zero-order valence-electron chi connectivity index (χ0n) is 11.2. The molecule has 0 spiro atoms. The van der Waals surface area contributed by atoms with E-state index < -0.39 is 33.4 Å². The number of urea groups is 1. The molecular weight excluding hydrogens is 284 g/mol. The van der Waals surface area contributed by atoms with Gasteiger partial charge in [0.2, 0.25) is 0 Å². The molecule has 1 unspecified atom stereocenters. The van der Waals surface area contributed by atoms with Crippen molar-refractivity contribution in [2.24, 2.45) is 0 Å². The van der Waals surface area contributed by atoms with Gasteiger partial charge in [-0.2, -0.15) is 0 Å². The van der Waals surface area contributed by atoms with Crippen LogP contribution in [0.15, 0.2) is 0 Å². The Kier molecular flexibility index (Phi) is 4.22. The van der Waals surface area contributed by atoms with Crippen LogP contribution in [0.1, 0.15) is 38.5 Å². The molecule has 0 aromatic heterocycles. The number of hydrogen-bond donors (Lipinski definition) is 3. The molecule has 0 radical (unpaired) electrons. The second-order valence-electron chi connectivity index (χ2n) is 5.65. The van der Waals surface area contributed by atoms with Crippen LogP contribution in [-0.2, 0) is 14.6 Å². The Morgan fingerprint density at radius 1 is 1.15 bits per heavy atom. The van der Waals surface area contributed by atoms with E-state index in [9.17, 15) is 23.1 Å². The molecule has 0 bridgehead atoms. The number of carbonyl (C=O) groups is 2. The van der Waals surface area contributed by atoms with Crippen molar-refractivity contribution < 1.29 is 23.1 Å². The Morgan fingerprint density at radius 2 is 1.80 bits per heavy atom. The zero-order chi connectivity index (χ0) is 14.8. The van der Waals surface area contributed by atoms with Gasteiger partial charge in [-0.1, -0.05) is 19.3 Å². The van der Waals surface area contributed by atoms with Gasteiger partial charge in [-0.25, -0.2) is 18.0 Å². The van der Waals surface area contributed by atoms with Crippen molar-refractivity contribution in [3.05, 3.63) is 0 Å². The molecule has 2 fully saturated rings. The average Bonchev–Trinajstić information content (AvgIpc) is 2.69. The maximum absolute atomic E-state index is 11.9. The molecule has 0 aromatic rings. The molecule has 20 heavy (non-hydrogen) atoms. The highest BCUT2D eigenvalue weighted by molar-refractivity contribution is 7.91. The second kappa shape index (κ2) is 5.59. The summed E-state index contributed by atoms with van der Waals surface area (Å²) in [6.07, 6.45) is 3.72. The van der Waals surface area contributed by atoms with Gasteiger partial charge >= 0.3 is 12.0 Å². The molecule has 114 valence electrons. The van der Waals surface area contributed by atoms with E-state index in [2.05, 4.69) is 10.6 Å². The Balaban J connectivity index is 1.94. The number of aliphatic carboxylic acids is 1. The van der Waals surface area contributed by atoms with Crippen LogP contribution in [0.25, 0.3) is 0 Å². The van der Waals surface area contributed by atoms with E-state index in [0.29, 0.717) is 19.3 Å². The van der Waals surface area contributed by atoms with Crippen LogP contribution in [0.2, 0.25) is 0 Å². The lowest BCUT2D eigenvalue weighted by atomic mass is 9.82. The third kappa shape index (κ3) is 3.41. The van der Waals surface area contributed by atoms with Crippen molar-refractivity contribution in [3.63, 3.8) is 0 Å². The van der Waals surface area contributed by atoms with Gasteiger partial charge in [-0.15, -0.1) is 0 Å². The highest BCUT2D eigenvalue weighted by Gasteiger charge is 2.41. The van der Waals surface area contributed by atoms with Crippen LogP contribution in [0.4, 0.5) is 4.79 Å². The molecule has 3 N–H and O–H groups in total. The minimum atomic E-state index is -3.06. The second-order valence-corrected chi connectivity index (χ2v) is 7.88. The Labute approximate surface area is 118 Å². The van der Waals surface area contributed by atoms with Gasteiger partial charge in [-0.3, -0.25) is 0 Å². The molecule has 1 aliphatic heterocycles. The molecule has 1 saturated heterocycles. The van der Waals surface area contributed by atoms with Crippen LogP contribution >= 0.6 is 0 Å². The summed E-state index contributed by atoms with van der Waals surface area (Å²) in [6.45, 7) is 0. The number of carboxylic acids is 1. The summed E-state index contributed by atoms with van der Waals surface area (Å²) in [4.78, 5) is 23.3.